The highest BCUT2D eigenvalue weighted by Gasteiger charge is 2.32. The molecule has 0 unspecified atom stereocenters. The van der Waals surface area contributed by atoms with Gasteiger partial charge in [-0.25, -0.2) is 4.39 Å². The Morgan fingerprint density at radius 3 is 2.96 bits per heavy atom. The topological polar surface area (TPSA) is 92.8 Å². The molecule has 1 atom stereocenters. The smallest absolute Gasteiger partial charge is 0.264 e. The van der Waals surface area contributed by atoms with Crippen molar-refractivity contribution in [3.8, 4) is 6.07 Å². The minimum absolute atomic E-state index is 0.00192. The van der Waals surface area contributed by atoms with E-state index in [9.17, 15) is 14.0 Å². The summed E-state index contributed by atoms with van der Waals surface area (Å²) in [5.41, 5.74) is 0.413. The van der Waals surface area contributed by atoms with Crippen LogP contribution in [-0.2, 0) is 6.42 Å². The van der Waals surface area contributed by atoms with E-state index in [4.69, 9.17) is 17.5 Å². The van der Waals surface area contributed by atoms with Crippen molar-refractivity contribution in [2.75, 3.05) is 6.54 Å². The van der Waals surface area contributed by atoms with Gasteiger partial charge in [0.25, 0.3) is 11.5 Å². The van der Waals surface area contributed by atoms with Gasteiger partial charge in [-0.2, -0.15) is 5.26 Å². The summed E-state index contributed by atoms with van der Waals surface area (Å²) < 4.78 is 14.3. The van der Waals surface area contributed by atoms with Gasteiger partial charge in [-0.15, -0.1) is 0 Å². The number of nitrogens with one attached hydrogen (secondary N) is 2. The van der Waals surface area contributed by atoms with E-state index in [1.165, 1.54) is 12.3 Å². The van der Waals surface area contributed by atoms with Gasteiger partial charge in [0.05, 0.1) is 18.5 Å². The molecule has 1 fully saturated rings. The maximum Gasteiger partial charge on any atom is 0.264 e. The molecule has 1 aliphatic rings. The average Bonchev–Trinajstić information content (AvgIpc) is 3.06. The summed E-state index contributed by atoms with van der Waals surface area (Å²) in [6, 6.07) is 6.28. The number of carbonyl (C=O) groups is 1. The lowest BCUT2D eigenvalue weighted by atomic mass is 10.0. The number of amides is 1. The molecule has 128 valence electrons. The van der Waals surface area contributed by atoms with Crippen molar-refractivity contribution in [3.63, 3.8) is 0 Å². The Hall–Kier alpha value is -2.79. The predicted octanol–water partition coefficient (Wildman–Crippen LogP) is 2.61. The Bertz CT molecular complexity index is 976. The van der Waals surface area contributed by atoms with Crippen LogP contribution >= 0.6 is 12.2 Å². The first-order chi connectivity index (χ1) is 12.0. The summed E-state index contributed by atoms with van der Waals surface area (Å²) in [7, 11) is 0. The monoisotopic (exact) mass is 358 g/mol. The minimum atomic E-state index is -0.546. The molecular weight excluding hydrogens is 343 g/mol. The molecule has 1 saturated heterocycles. The molecule has 1 aromatic carbocycles. The standard InChI is InChI=1S/C17H15FN4O2S/c18-13-8-11(4-3-10(13)5-6-19)14-2-1-7-22(14)16(24)12-9-20-17(25)21-15(12)23/h3-4,8-9,14H,1-2,5,7H2,(H2,20,21,23,25)/t14-/m1/s1. The Labute approximate surface area is 147 Å². The van der Waals surface area contributed by atoms with Gasteiger partial charge in [0.2, 0.25) is 0 Å². The first-order valence-corrected chi connectivity index (χ1v) is 8.20. The molecule has 0 bridgehead atoms. The van der Waals surface area contributed by atoms with Crippen LogP contribution in [0.5, 0.6) is 0 Å². The number of H-pyrrole nitrogens is 2. The second-order valence-corrected chi connectivity index (χ2v) is 6.24. The van der Waals surface area contributed by atoms with E-state index in [1.54, 1.807) is 17.0 Å². The van der Waals surface area contributed by atoms with Gasteiger partial charge in [0, 0.05) is 18.3 Å². The van der Waals surface area contributed by atoms with Gasteiger partial charge in [0.1, 0.15) is 11.4 Å². The molecule has 1 aromatic heterocycles. The SMILES string of the molecule is N#CCc1ccc([C@H]2CCCN2C(=O)c2c[nH]c(=S)[nH]c2=O)cc1F. The molecular formula is C17H15FN4O2S. The number of halogens is 1. The summed E-state index contributed by atoms with van der Waals surface area (Å²) in [6.45, 7) is 0.486. The first kappa shape index (κ1) is 17.0. The van der Waals surface area contributed by atoms with Crippen LogP contribution in [0.3, 0.4) is 0 Å². The summed E-state index contributed by atoms with van der Waals surface area (Å²) >= 11 is 4.83. The van der Waals surface area contributed by atoms with Crippen LogP contribution in [0.15, 0.2) is 29.2 Å². The van der Waals surface area contributed by atoms with Gasteiger partial charge >= 0.3 is 0 Å². The van der Waals surface area contributed by atoms with Crippen LogP contribution in [0.4, 0.5) is 4.39 Å². The molecule has 1 aliphatic heterocycles. The normalized spacial score (nSPS) is 16.6. The van der Waals surface area contributed by atoms with Crippen LogP contribution in [0.1, 0.15) is 40.4 Å². The molecule has 8 heteroatoms. The largest absolute Gasteiger partial charge is 0.338 e. The Morgan fingerprint density at radius 1 is 1.48 bits per heavy atom. The fraction of sp³-hybridized carbons (Fsp3) is 0.294. The third-order valence-electron chi connectivity index (χ3n) is 4.29. The van der Waals surface area contributed by atoms with Gasteiger partial charge in [0.15, 0.2) is 4.77 Å². The van der Waals surface area contributed by atoms with Crippen molar-refractivity contribution in [2.24, 2.45) is 0 Å². The maximum absolute atomic E-state index is 14.1. The summed E-state index contributed by atoms with van der Waals surface area (Å²) in [5.74, 6) is -0.878. The number of nitriles is 1. The lowest BCUT2D eigenvalue weighted by Gasteiger charge is -2.25. The van der Waals surface area contributed by atoms with Crippen LogP contribution in [0.25, 0.3) is 0 Å². The number of hydrogen-bond donors (Lipinski definition) is 2. The molecule has 3 rings (SSSR count). The third-order valence-corrected chi connectivity index (χ3v) is 4.51. The quantitative estimate of drug-likeness (QED) is 0.825. The second-order valence-electron chi connectivity index (χ2n) is 5.83. The first-order valence-electron chi connectivity index (χ1n) is 7.79. The van der Waals surface area contributed by atoms with Crippen molar-refractivity contribution in [1.29, 1.82) is 5.26 Å². The number of carbonyl (C=O) groups excluding carboxylic acids is 1. The fourth-order valence-corrected chi connectivity index (χ4v) is 3.23. The summed E-state index contributed by atoms with van der Waals surface area (Å²) in [5, 5.41) is 8.70. The predicted molar refractivity (Wildman–Crippen MR) is 91.0 cm³/mol. The van der Waals surface area contributed by atoms with Crippen molar-refractivity contribution < 1.29 is 9.18 Å². The molecule has 2 aromatic rings. The number of benzene rings is 1. The molecule has 0 saturated carbocycles. The zero-order valence-corrected chi connectivity index (χ0v) is 14.0. The third kappa shape index (κ3) is 3.37. The van der Waals surface area contributed by atoms with Gasteiger partial charge in [-0.3, -0.25) is 14.6 Å². The number of hydrogen-bond acceptors (Lipinski definition) is 4. The maximum atomic E-state index is 14.1. The average molecular weight is 358 g/mol. The lowest BCUT2D eigenvalue weighted by Crippen LogP contribution is -2.34. The van der Waals surface area contributed by atoms with Crippen molar-refractivity contribution in [1.82, 2.24) is 14.9 Å². The molecule has 0 radical (unpaired) electrons. The summed E-state index contributed by atoms with van der Waals surface area (Å²) in [4.78, 5) is 31.3. The number of aromatic amines is 2. The molecule has 0 aliphatic carbocycles. The number of aromatic nitrogens is 2. The van der Waals surface area contributed by atoms with E-state index in [-0.39, 0.29) is 22.8 Å². The van der Waals surface area contributed by atoms with Crippen LogP contribution in [-0.4, -0.2) is 27.3 Å². The zero-order chi connectivity index (χ0) is 18.0. The van der Waals surface area contributed by atoms with Gasteiger partial charge in [-0.1, -0.05) is 12.1 Å². The van der Waals surface area contributed by atoms with E-state index >= 15 is 0 Å². The van der Waals surface area contributed by atoms with E-state index in [2.05, 4.69) is 9.97 Å². The van der Waals surface area contributed by atoms with Crippen molar-refractivity contribution in [3.05, 3.63) is 62.0 Å². The zero-order valence-electron chi connectivity index (χ0n) is 13.2. The Kier molecular flexibility index (Phi) is 4.76. The lowest BCUT2D eigenvalue weighted by molar-refractivity contribution is 0.0733. The highest BCUT2D eigenvalue weighted by Crippen LogP contribution is 2.33. The number of rotatable bonds is 3. The Balaban J connectivity index is 1.91. The van der Waals surface area contributed by atoms with E-state index in [1.807, 2.05) is 6.07 Å². The Morgan fingerprint density at radius 2 is 2.28 bits per heavy atom. The fourth-order valence-electron chi connectivity index (χ4n) is 3.08. The van der Waals surface area contributed by atoms with Gasteiger partial charge in [-0.05, 0) is 36.7 Å². The molecule has 0 spiro atoms. The molecule has 6 nitrogen and oxygen atoms in total. The van der Waals surface area contributed by atoms with E-state index in [0.717, 1.165) is 6.42 Å². The van der Waals surface area contributed by atoms with E-state index < -0.39 is 17.3 Å². The minimum Gasteiger partial charge on any atom is -0.338 e. The van der Waals surface area contributed by atoms with Crippen molar-refractivity contribution in [2.45, 2.75) is 25.3 Å². The second kappa shape index (κ2) is 6.99. The molecule has 2 N–H and O–H groups in total. The van der Waals surface area contributed by atoms with Gasteiger partial charge < -0.3 is 9.88 Å². The number of likely N-dealkylation sites (tertiary alicyclic amines) is 1. The van der Waals surface area contributed by atoms with Crippen molar-refractivity contribution >= 4 is 18.1 Å². The van der Waals surface area contributed by atoms with Crippen LogP contribution < -0.4 is 5.56 Å². The number of nitrogens with zero attached hydrogens (tertiary/aromatic N) is 2. The summed E-state index contributed by atoms with van der Waals surface area (Å²) in [6.07, 6.45) is 2.75. The van der Waals surface area contributed by atoms with E-state index in [0.29, 0.717) is 24.1 Å². The van der Waals surface area contributed by atoms with Crippen LogP contribution in [0, 0.1) is 21.9 Å². The van der Waals surface area contributed by atoms with Crippen LogP contribution in [0.2, 0.25) is 0 Å². The molecule has 25 heavy (non-hydrogen) atoms. The molecule has 1 amide bonds. The highest BCUT2D eigenvalue weighted by molar-refractivity contribution is 7.71. The molecule has 2 heterocycles. The highest BCUT2D eigenvalue weighted by atomic mass is 32.1.